The maximum absolute atomic E-state index is 12.2. The molecule has 0 spiro atoms. The summed E-state index contributed by atoms with van der Waals surface area (Å²) in [6, 6.07) is 7.00. The first-order valence-corrected chi connectivity index (χ1v) is 6.33. The fraction of sp³-hybridized carbons (Fsp3) is 0.267. The summed E-state index contributed by atoms with van der Waals surface area (Å²) in [7, 11) is 0. The summed E-state index contributed by atoms with van der Waals surface area (Å²) in [6.07, 6.45) is 3.41. The molecule has 4 heteroatoms. The molecule has 0 aliphatic rings. The van der Waals surface area contributed by atoms with Crippen LogP contribution in [0.15, 0.2) is 36.7 Å². The molecule has 19 heavy (non-hydrogen) atoms. The lowest BCUT2D eigenvalue weighted by Crippen LogP contribution is -2.03. The Kier molecular flexibility index (Phi) is 4.23. The second-order valence-corrected chi connectivity index (χ2v) is 3.96. The molecule has 0 atom stereocenters. The van der Waals surface area contributed by atoms with E-state index in [9.17, 15) is 4.79 Å². The standard InChI is InChI=1S/C15H17NO3/c1-3-18-13-6-5-11(9-14(13)19-4-2)15(17)12-7-8-16-10-12/h5-10,16H,3-4H2,1-2H3. The molecule has 0 amide bonds. The van der Waals surface area contributed by atoms with E-state index in [0.29, 0.717) is 35.8 Å². The van der Waals surface area contributed by atoms with Crippen LogP contribution >= 0.6 is 0 Å². The van der Waals surface area contributed by atoms with Gasteiger partial charge in [-0.15, -0.1) is 0 Å². The zero-order valence-corrected chi connectivity index (χ0v) is 11.1. The summed E-state index contributed by atoms with van der Waals surface area (Å²) < 4.78 is 11.0. The number of hydrogen-bond donors (Lipinski definition) is 1. The molecular formula is C15H17NO3. The van der Waals surface area contributed by atoms with Crippen LogP contribution in [0.4, 0.5) is 0 Å². The molecule has 100 valence electrons. The first-order valence-electron chi connectivity index (χ1n) is 6.33. The van der Waals surface area contributed by atoms with Gasteiger partial charge in [-0.2, -0.15) is 0 Å². The molecule has 2 aromatic rings. The average molecular weight is 259 g/mol. The third-order valence-electron chi connectivity index (χ3n) is 2.67. The van der Waals surface area contributed by atoms with Crippen molar-refractivity contribution in [3.8, 4) is 11.5 Å². The van der Waals surface area contributed by atoms with Crippen LogP contribution in [0.25, 0.3) is 0 Å². The van der Waals surface area contributed by atoms with Gasteiger partial charge in [0.2, 0.25) is 0 Å². The van der Waals surface area contributed by atoms with Gasteiger partial charge >= 0.3 is 0 Å². The minimum Gasteiger partial charge on any atom is -0.490 e. The van der Waals surface area contributed by atoms with Crippen LogP contribution in [-0.2, 0) is 0 Å². The molecule has 1 aromatic heterocycles. The summed E-state index contributed by atoms with van der Waals surface area (Å²) in [5, 5.41) is 0. The van der Waals surface area contributed by atoms with Gasteiger partial charge < -0.3 is 14.5 Å². The first-order chi connectivity index (χ1) is 9.26. The van der Waals surface area contributed by atoms with Gasteiger partial charge in [0.15, 0.2) is 17.3 Å². The monoisotopic (exact) mass is 259 g/mol. The summed E-state index contributed by atoms with van der Waals surface area (Å²) in [4.78, 5) is 15.1. The van der Waals surface area contributed by atoms with Crippen LogP contribution in [0.2, 0.25) is 0 Å². The molecule has 0 aliphatic heterocycles. The second kappa shape index (κ2) is 6.09. The van der Waals surface area contributed by atoms with E-state index in [2.05, 4.69) is 4.98 Å². The fourth-order valence-electron chi connectivity index (χ4n) is 1.82. The SMILES string of the molecule is CCOc1ccc(C(=O)c2cc[nH]c2)cc1OCC. The van der Waals surface area contributed by atoms with Crippen molar-refractivity contribution in [2.24, 2.45) is 0 Å². The van der Waals surface area contributed by atoms with Gasteiger partial charge in [-0.05, 0) is 38.1 Å². The molecule has 0 unspecified atom stereocenters. The van der Waals surface area contributed by atoms with E-state index < -0.39 is 0 Å². The van der Waals surface area contributed by atoms with Crippen LogP contribution < -0.4 is 9.47 Å². The van der Waals surface area contributed by atoms with Crippen molar-refractivity contribution < 1.29 is 14.3 Å². The zero-order valence-electron chi connectivity index (χ0n) is 11.1. The van der Waals surface area contributed by atoms with Gasteiger partial charge in [-0.1, -0.05) is 0 Å². The van der Waals surface area contributed by atoms with Crippen molar-refractivity contribution in [3.63, 3.8) is 0 Å². The number of carbonyl (C=O) groups is 1. The van der Waals surface area contributed by atoms with Crippen LogP contribution in [0.3, 0.4) is 0 Å². The molecule has 1 N–H and O–H groups in total. The van der Waals surface area contributed by atoms with Crippen LogP contribution in [0.5, 0.6) is 11.5 Å². The highest BCUT2D eigenvalue weighted by Gasteiger charge is 2.13. The number of ether oxygens (including phenoxy) is 2. The Balaban J connectivity index is 2.32. The Morgan fingerprint density at radius 1 is 1.05 bits per heavy atom. The third-order valence-corrected chi connectivity index (χ3v) is 2.67. The van der Waals surface area contributed by atoms with Gasteiger partial charge in [0, 0.05) is 23.5 Å². The molecule has 1 aromatic carbocycles. The number of carbonyl (C=O) groups excluding carboxylic acids is 1. The predicted octanol–water partition coefficient (Wildman–Crippen LogP) is 3.04. The quantitative estimate of drug-likeness (QED) is 0.811. The van der Waals surface area contributed by atoms with Gasteiger partial charge in [-0.25, -0.2) is 0 Å². The number of aromatic nitrogens is 1. The predicted molar refractivity (Wildman–Crippen MR) is 73.0 cm³/mol. The van der Waals surface area contributed by atoms with Crippen molar-refractivity contribution in [1.29, 1.82) is 0 Å². The van der Waals surface area contributed by atoms with E-state index in [1.807, 2.05) is 13.8 Å². The minimum absolute atomic E-state index is 0.0368. The first kappa shape index (κ1) is 13.2. The number of rotatable bonds is 6. The van der Waals surface area contributed by atoms with Crippen molar-refractivity contribution >= 4 is 5.78 Å². The average Bonchev–Trinajstić information content (AvgIpc) is 2.94. The molecule has 0 saturated heterocycles. The van der Waals surface area contributed by atoms with Crippen molar-refractivity contribution in [3.05, 3.63) is 47.8 Å². The lowest BCUT2D eigenvalue weighted by Gasteiger charge is -2.11. The second-order valence-electron chi connectivity index (χ2n) is 3.96. The van der Waals surface area contributed by atoms with E-state index in [1.54, 1.807) is 36.7 Å². The van der Waals surface area contributed by atoms with Gasteiger partial charge in [0.25, 0.3) is 0 Å². The summed E-state index contributed by atoms with van der Waals surface area (Å²) in [5.41, 5.74) is 1.22. The normalized spacial score (nSPS) is 10.2. The number of ketones is 1. The van der Waals surface area contributed by atoms with E-state index in [-0.39, 0.29) is 5.78 Å². The van der Waals surface area contributed by atoms with Crippen LogP contribution in [0, 0.1) is 0 Å². The van der Waals surface area contributed by atoms with Crippen molar-refractivity contribution in [2.45, 2.75) is 13.8 Å². The number of aromatic amines is 1. The maximum atomic E-state index is 12.2. The Labute approximate surface area is 112 Å². The smallest absolute Gasteiger partial charge is 0.194 e. The van der Waals surface area contributed by atoms with Crippen LogP contribution in [-0.4, -0.2) is 24.0 Å². The summed E-state index contributed by atoms with van der Waals surface area (Å²) in [5.74, 6) is 1.23. The molecule has 0 saturated carbocycles. The lowest BCUT2D eigenvalue weighted by atomic mass is 10.1. The van der Waals surface area contributed by atoms with E-state index >= 15 is 0 Å². The lowest BCUT2D eigenvalue weighted by molar-refractivity contribution is 0.103. The topological polar surface area (TPSA) is 51.3 Å². The molecule has 0 bridgehead atoms. The summed E-state index contributed by atoms with van der Waals surface area (Å²) >= 11 is 0. The highest BCUT2D eigenvalue weighted by molar-refractivity contribution is 6.09. The third kappa shape index (κ3) is 2.96. The Hall–Kier alpha value is -2.23. The van der Waals surface area contributed by atoms with Gasteiger partial charge in [0.1, 0.15) is 0 Å². The highest BCUT2D eigenvalue weighted by atomic mass is 16.5. The van der Waals surface area contributed by atoms with Crippen molar-refractivity contribution in [2.75, 3.05) is 13.2 Å². The number of benzene rings is 1. The molecular weight excluding hydrogens is 242 g/mol. The number of nitrogens with one attached hydrogen (secondary N) is 1. The van der Waals surface area contributed by atoms with Crippen molar-refractivity contribution in [1.82, 2.24) is 4.98 Å². The molecule has 4 nitrogen and oxygen atoms in total. The molecule has 1 heterocycles. The highest BCUT2D eigenvalue weighted by Crippen LogP contribution is 2.29. The molecule has 2 rings (SSSR count). The zero-order chi connectivity index (χ0) is 13.7. The maximum Gasteiger partial charge on any atom is 0.194 e. The molecule has 0 fully saturated rings. The largest absolute Gasteiger partial charge is 0.490 e. The summed E-state index contributed by atoms with van der Waals surface area (Å²) in [6.45, 7) is 4.90. The Morgan fingerprint density at radius 3 is 2.42 bits per heavy atom. The number of H-pyrrole nitrogens is 1. The van der Waals surface area contributed by atoms with E-state index in [4.69, 9.17) is 9.47 Å². The van der Waals surface area contributed by atoms with Crippen LogP contribution in [0.1, 0.15) is 29.8 Å². The van der Waals surface area contributed by atoms with Gasteiger partial charge in [-0.3, -0.25) is 4.79 Å². The van der Waals surface area contributed by atoms with Gasteiger partial charge in [0.05, 0.1) is 13.2 Å². The Morgan fingerprint density at radius 2 is 1.79 bits per heavy atom. The van der Waals surface area contributed by atoms with E-state index in [1.165, 1.54) is 0 Å². The molecule has 0 aliphatic carbocycles. The van der Waals surface area contributed by atoms with E-state index in [0.717, 1.165) is 0 Å². The number of hydrogen-bond acceptors (Lipinski definition) is 3. The minimum atomic E-state index is -0.0368. The Bertz CT molecular complexity index is 547. The molecule has 0 radical (unpaired) electrons. The fourth-order valence-corrected chi connectivity index (χ4v) is 1.82.